The van der Waals surface area contributed by atoms with Crippen LogP contribution in [0.4, 0.5) is 13.2 Å². The number of alkyl halides is 3. The summed E-state index contributed by atoms with van der Waals surface area (Å²) in [6, 6.07) is 3.17. The largest absolute Gasteiger partial charge is 0.417 e. The fraction of sp³-hybridized carbons (Fsp3) is 0.250. The Bertz CT molecular complexity index is 498. The van der Waals surface area contributed by atoms with E-state index >= 15 is 0 Å². The monoisotopic (exact) mass is 317 g/mol. The lowest BCUT2D eigenvalue weighted by atomic mass is 10.1. The molecule has 0 atom stereocenters. The third-order valence-corrected chi connectivity index (χ3v) is 3.13. The van der Waals surface area contributed by atoms with Crippen molar-refractivity contribution in [3.8, 4) is 0 Å². The van der Waals surface area contributed by atoms with Crippen LogP contribution in [0.15, 0.2) is 22.7 Å². The Labute approximate surface area is 98.6 Å². The summed E-state index contributed by atoms with van der Waals surface area (Å²) < 4.78 is 58.7. The zero-order chi connectivity index (χ0) is 12.6. The molecule has 3 nitrogen and oxygen atoms in total. The smallest absolute Gasteiger partial charge is 0.228 e. The zero-order valence-corrected chi connectivity index (χ0v) is 10.2. The number of nitrogens with two attached hydrogens (primary N) is 1. The highest BCUT2D eigenvalue weighted by Gasteiger charge is 2.33. The fourth-order valence-corrected chi connectivity index (χ4v) is 2.23. The number of sulfonamides is 1. The molecule has 16 heavy (non-hydrogen) atoms. The lowest BCUT2D eigenvalue weighted by Crippen LogP contribution is -2.15. The normalized spacial score (nSPS) is 12.8. The molecule has 1 aromatic rings. The first-order valence-corrected chi connectivity index (χ1v) is 6.46. The van der Waals surface area contributed by atoms with Crippen molar-refractivity contribution in [1.82, 2.24) is 0 Å². The van der Waals surface area contributed by atoms with Gasteiger partial charge < -0.3 is 0 Å². The summed E-state index contributed by atoms with van der Waals surface area (Å²) in [6.45, 7) is 0. The van der Waals surface area contributed by atoms with Gasteiger partial charge >= 0.3 is 6.18 Å². The van der Waals surface area contributed by atoms with Crippen LogP contribution < -0.4 is 5.14 Å². The van der Waals surface area contributed by atoms with E-state index in [9.17, 15) is 21.6 Å². The van der Waals surface area contributed by atoms with E-state index in [0.717, 1.165) is 12.1 Å². The van der Waals surface area contributed by atoms with Gasteiger partial charge in [-0.1, -0.05) is 22.0 Å². The van der Waals surface area contributed by atoms with Crippen LogP contribution in [0, 0.1) is 0 Å². The number of hydrogen-bond donors (Lipinski definition) is 1. The molecular weight excluding hydrogens is 311 g/mol. The average molecular weight is 318 g/mol. The summed E-state index contributed by atoms with van der Waals surface area (Å²) in [5, 5.41) is 4.74. The average Bonchev–Trinajstić information content (AvgIpc) is 2.04. The molecule has 0 saturated carbocycles. The number of benzene rings is 1. The van der Waals surface area contributed by atoms with Crippen molar-refractivity contribution in [3.63, 3.8) is 0 Å². The molecule has 0 spiro atoms. The molecule has 0 unspecified atom stereocenters. The Kier molecular flexibility index (Phi) is 3.65. The molecule has 0 fully saturated rings. The van der Waals surface area contributed by atoms with Crippen LogP contribution in [0.5, 0.6) is 0 Å². The number of rotatable bonds is 2. The third-order valence-electron chi connectivity index (χ3n) is 1.70. The van der Waals surface area contributed by atoms with E-state index in [1.54, 1.807) is 0 Å². The van der Waals surface area contributed by atoms with E-state index < -0.39 is 27.5 Å². The van der Waals surface area contributed by atoms with Crippen molar-refractivity contribution in [2.24, 2.45) is 5.14 Å². The molecule has 1 rings (SSSR count). The Balaban J connectivity index is 3.18. The lowest BCUT2D eigenvalue weighted by molar-refractivity contribution is -0.138. The van der Waals surface area contributed by atoms with Crippen molar-refractivity contribution < 1.29 is 21.6 Å². The third kappa shape index (κ3) is 3.76. The van der Waals surface area contributed by atoms with Gasteiger partial charge in [-0.05, 0) is 17.7 Å². The van der Waals surface area contributed by atoms with Gasteiger partial charge in [-0.25, -0.2) is 13.6 Å². The summed E-state index contributed by atoms with van der Waals surface area (Å²) >= 11 is 2.75. The van der Waals surface area contributed by atoms with Gasteiger partial charge in [0.2, 0.25) is 10.0 Å². The van der Waals surface area contributed by atoms with Crippen molar-refractivity contribution in [3.05, 3.63) is 33.8 Å². The Hall–Kier alpha value is -0.600. The van der Waals surface area contributed by atoms with Crippen LogP contribution in [-0.4, -0.2) is 8.42 Å². The highest BCUT2D eigenvalue weighted by molar-refractivity contribution is 9.10. The quantitative estimate of drug-likeness (QED) is 0.909. The molecule has 90 valence electrons. The van der Waals surface area contributed by atoms with E-state index in [1.165, 1.54) is 6.07 Å². The topological polar surface area (TPSA) is 60.2 Å². The van der Waals surface area contributed by atoms with Gasteiger partial charge in [-0.15, -0.1) is 0 Å². The molecule has 0 amide bonds. The molecule has 0 aliphatic carbocycles. The maximum atomic E-state index is 12.5. The minimum atomic E-state index is -4.53. The van der Waals surface area contributed by atoms with E-state index in [1.807, 2.05) is 0 Å². The van der Waals surface area contributed by atoms with Crippen molar-refractivity contribution >= 4 is 26.0 Å². The molecule has 0 aliphatic heterocycles. The molecule has 0 bridgehead atoms. The summed E-state index contributed by atoms with van der Waals surface area (Å²) in [7, 11) is -3.83. The van der Waals surface area contributed by atoms with E-state index in [4.69, 9.17) is 5.14 Å². The fourth-order valence-electron chi connectivity index (χ4n) is 1.11. The molecule has 0 aliphatic rings. The van der Waals surface area contributed by atoms with Crippen LogP contribution in [0.3, 0.4) is 0 Å². The number of halogens is 4. The summed E-state index contributed by atoms with van der Waals surface area (Å²) in [5.74, 6) is -0.622. The molecular formula is C8H7BrF3NO2S. The molecule has 0 saturated heterocycles. The molecule has 0 radical (unpaired) electrons. The van der Waals surface area contributed by atoms with Crippen molar-refractivity contribution in [2.75, 3.05) is 0 Å². The van der Waals surface area contributed by atoms with Crippen molar-refractivity contribution in [1.29, 1.82) is 0 Å². The SMILES string of the molecule is NS(=O)(=O)Cc1ccc(Br)c(C(F)(F)F)c1. The minimum absolute atomic E-state index is 0.00183. The van der Waals surface area contributed by atoms with Gasteiger partial charge in [0.15, 0.2) is 0 Å². The van der Waals surface area contributed by atoms with Crippen LogP contribution in [0.25, 0.3) is 0 Å². The maximum absolute atomic E-state index is 12.5. The van der Waals surface area contributed by atoms with Crippen LogP contribution >= 0.6 is 15.9 Å². The molecule has 8 heteroatoms. The summed E-state index contributed by atoms with van der Waals surface area (Å²) in [4.78, 5) is 0. The first-order valence-electron chi connectivity index (χ1n) is 3.96. The second-order valence-electron chi connectivity index (χ2n) is 3.12. The molecule has 1 aromatic carbocycles. The van der Waals surface area contributed by atoms with E-state index in [-0.39, 0.29) is 10.0 Å². The van der Waals surface area contributed by atoms with Crippen molar-refractivity contribution in [2.45, 2.75) is 11.9 Å². The second kappa shape index (κ2) is 4.34. The Morgan fingerprint density at radius 3 is 2.31 bits per heavy atom. The van der Waals surface area contributed by atoms with Gasteiger partial charge in [0.25, 0.3) is 0 Å². The molecule has 0 heterocycles. The molecule has 2 N–H and O–H groups in total. The summed E-state index contributed by atoms with van der Waals surface area (Å²) in [5.41, 5.74) is -0.924. The number of primary sulfonamides is 1. The number of hydrogen-bond acceptors (Lipinski definition) is 2. The first kappa shape index (κ1) is 13.5. The lowest BCUT2D eigenvalue weighted by Gasteiger charge is -2.10. The zero-order valence-electron chi connectivity index (χ0n) is 7.75. The van der Waals surface area contributed by atoms with Gasteiger partial charge in [0, 0.05) is 4.47 Å². The van der Waals surface area contributed by atoms with Crippen LogP contribution in [0.1, 0.15) is 11.1 Å². The summed E-state index contributed by atoms with van der Waals surface area (Å²) in [6.07, 6.45) is -4.53. The van der Waals surface area contributed by atoms with E-state index in [2.05, 4.69) is 15.9 Å². The predicted octanol–water partition coefficient (Wildman–Crippen LogP) is 2.26. The minimum Gasteiger partial charge on any atom is -0.228 e. The maximum Gasteiger partial charge on any atom is 0.417 e. The molecule has 0 aromatic heterocycles. The van der Waals surface area contributed by atoms with E-state index in [0.29, 0.717) is 0 Å². The van der Waals surface area contributed by atoms with Gasteiger partial charge in [0.05, 0.1) is 11.3 Å². The Morgan fingerprint density at radius 1 is 1.31 bits per heavy atom. The van der Waals surface area contributed by atoms with Gasteiger partial charge in [-0.3, -0.25) is 0 Å². The van der Waals surface area contributed by atoms with Gasteiger partial charge in [0.1, 0.15) is 0 Å². The second-order valence-corrected chi connectivity index (χ2v) is 5.59. The van der Waals surface area contributed by atoms with Crippen LogP contribution in [0.2, 0.25) is 0 Å². The first-order chi connectivity index (χ1) is 7.09. The standard InChI is InChI=1S/C8H7BrF3NO2S/c9-7-2-1-5(4-16(13,14)15)3-6(7)8(10,11)12/h1-3H,4H2,(H2,13,14,15). The van der Waals surface area contributed by atoms with Gasteiger partial charge in [-0.2, -0.15) is 13.2 Å². The Morgan fingerprint density at radius 2 is 1.88 bits per heavy atom. The van der Waals surface area contributed by atoms with Crippen LogP contribution in [-0.2, 0) is 22.0 Å². The predicted molar refractivity (Wildman–Crippen MR) is 56.0 cm³/mol. The highest BCUT2D eigenvalue weighted by atomic mass is 79.9. The highest BCUT2D eigenvalue weighted by Crippen LogP contribution is 2.35.